The Bertz CT molecular complexity index is 1020. The predicted octanol–water partition coefficient (Wildman–Crippen LogP) is 6.03. The van der Waals surface area contributed by atoms with Crippen molar-refractivity contribution in [3.63, 3.8) is 0 Å². The van der Waals surface area contributed by atoms with Crippen LogP contribution in [0.25, 0.3) is 0 Å². The summed E-state index contributed by atoms with van der Waals surface area (Å²) in [5, 5.41) is 17.6. The average Bonchev–Trinajstić information content (AvgIpc) is 2.94. The number of nitrogens with one attached hydrogen (secondary N) is 4. The number of amides is 3. The molecule has 0 radical (unpaired) electrons. The van der Waals surface area contributed by atoms with Gasteiger partial charge in [0.25, 0.3) is 0 Å². The van der Waals surface area contributed by atoms with E-state index in [0.29, 0.717) is 30.4 Å². The number of guanidine groups is 1. The highest BCUT2D eigenvalue weighted by molar-refractivity contribution is 5.89. The molecule has 0 aliphatic heterocycles. The molecule has 1 unspecified atom stereocenters. The number of benzene rings is 2. The Morgan fingerprint density at radius 1 is 1.13 bits per heavy atom. The fourth-order valence-corrected chi connectivity index (χ4v) is 4.99. The molecule has 1 aliphatic carbocycles. The number of unbranched alkanes of at least 4 members (excludes halogenated alkanes) is 1. The van der Waals surface area contributed by atoms with Crippen LogP contribution < -0.4 is 20.7 Å². The summed E-state index contributed by atoms with van der Waals surface area (Å²) in [5.74, 6) is 1.55. The second kappa shape index (κ2) is 15.6. The van der Waals surface area contributed by atoms with Gasteiger partial charge in [0.15, 0.2) is 5.96 Å². The van der Waals surface area contributed by atoms with Crippen LogP contribution in [-0.2, 0) is 17.9 Å². The van der Waals surface area contributed by atoms with Crippen LogP contribution in [0.2, 0.25) is 0 Å². The van der Waals surface area contributed by atoms with Crippen molar-refractivity contribution in [3.8, 4) is 5.75 Å². The second-order valence-electron chi connectivity index (χ2n) is 10.2. The van der Waals surface area contributed by atoms with Gasteiger partial charge in [0, 0.05) is 24.3 Å². The van der Waals surface area contributed by atoms with Crippen LogP contribution in [-0.4, -0.2) is 36.5 Å². The lowest BCUT2D eigenvalue weighted by atomic mass is 9.84. The van der Waals surface area contributed by atoms with Crippen LogP contribution in [0.4, 0.5) is 10.5 Å². The first kappa shape index (κ1) is 29.0. The van der Waals surface area contributed by atoms with Gasteiger partial charge in [0.1, 0.15) is 5.75 Å². The molecule has 0 heterocycles. The number of carbonyl (C=O) groups is 2. The minimum Gasteiger partial charge on any atom is -0.497 e. The fourth-order valence-electron chi connectivity index (χ4n) is 4.99. The Balaban J connectivity index is 1.48. The number of ether oxygens (including phenoxy) is 1. The summed E-state index contributed by atoms with van der Waals surface area (Å²) in [4.78, 5) is 25.5. The van der Waals surface area contributed by atoms with Crippen molar-refractivity contribution < 1.29 is 14.3 Å². The summed E-state index contributed by atoms with van der Waals surface area (Å²) in [6.07, 6.45) is 11.6. The highest BCUT2D eigenvalue weighted by atomic mass is 16.5. The molecule has 3 rings (SSSR count). The van der Waals surface area contributed by atoms with Crippen LogP contribution in [0.15, 0.2) is 48.5 Å². The van der Waals surface area contributed by atoms with Gasteiger partial charge in [0.05, 0.1) is 13.7 Å². The Labute approximate surface area is 227 Å². The fraction of sp³-hybridized carbons (Fsp3) is 0.500. The monoisotopic (exact) mass is 521 g/mol. The number of methoxy groups -OCH3 is 1. The molecule has 8 nitrogen and oxygen atoms in total. The van der Waals surface area contributed by atoms with Crippen LogP contribution in [0, 0.1) is 11.3 Å². The molecule has 1 atom stereocenters. The van der Waals surface area contributed by atoms with Gasteiger partial charge >= 0.3 is 6.03 Å². The molecule has 8 heteroatoms. The molecule has 3 amide bonds. The van der Waals surface area contributed by atoms with E-state index in [4.69, 9.17) is 10.1 Å². The van der Waals surface area contributed by atoms with Gasteiger partial charge in [-0.3, -0.25) is 15.1 Å². The summed E-state index contributed by atoms with van der Waals surface area (Å²) >= 11 is 0. The van der Waals surface area contributed by atoms with Gasteiger partial charge in [-0.05, 0) is 42.0 Å². The van der Waals surface area contributed by atoms with E-state index in [9.17, 15) is 9.59 Å². The molecule has 206 valence electrons. The predicted molar refractivity (Wildman–Crippen MR) is 152 cm³/mol. The molecule has 1 aliphatic rings. The summed E-state index contributed by atoms with van der Waals surface area (Å²) < 4.78 is 5.18. The van der Waals surface area contributed by atoms with Crippen molar-refractivity contribution in [2.75, 3.05) is 12.4 Å². The van der Waals surface area contributed by atoms with Gasteiger partial charge < -0.3 is 20.7 Å². The molecule has 4 N–H and O–H groups in total. The molecule has 0 aromatic heterocycles. The quantitative estimate of drug-likeness (QED) is 0.147. The maximum absolute atomic E-state index is 12.3. The third-order valence-corrected chi connectivity index (χ3v) is 7.16. The number of rotatable bonds is 13. The average molecular weight is 522 g/mol. The topological polar surface area (TPSA) is 107 Å². The number of nitrogens with zero attached hydrogens (tertiary/aromatic N) is 1. The van der Waals surface area contributed by atoms with Gasteiger partial charge in [-0.25, -0.2) is 4.79 Å². The Hall–Kier alpha value is -3.55. The van der Waals surface area contributed by atoms with Gasteiger partial charge in [-0.15, -0.1) is 0 Å². The number of hydrogen-bond acceptors (Lipinski definition) is 4. The van der Waals surface area contributed by atoms with Gasteiger partial charge in [-0.2, -0.15) is 0 Å². The van der Waals surface area contributed by atoms with Crippen molar-refractivity contribution in [1.82, 2.24) is 15.5 Å². The minimum atomic E-state index is -0.306. The van der Waals surface area contributed by atoms with Crippen molar-refractivity contribution >= 4 is 24.1 Å². The van der Waals surface area contributed by atoms with Crippen molar-refractivity contribution in [2.24, 2.45) is 5.92 Å². The van der Waals surface area contributed by atoms with E-state index < -0.39 is 0 Å². The summed E-state index contributed by atoms with van der Waals surface area (Å²) in [7, 11) is 1.58. The Morgan fingerprint density at radius 3 is 2.55 bits per heavy atom. The maximum Gasteiger partial charge on any atom is 0.319 e. The van der Waals surface area contributed by atoms with E-state index in [-0.39, 0.29) is 18.0 Å². The first-order valence-electron chi connectivity index (χ1n) is 13.8. The molecule has 0 spiro atoms. The number of hydrogen-bond donors (Lipinski definition) is 4. The van der Waals surface area contributed by atoms with Crippen molar-refractivity contribution in [1.29, 1.82) is 5.41 Å². The summed E-state index contributed by atoms with van der Waals surface area (Å²) in [6, 6.07) is 14.8. The number of anilines is 1. The second-order valence-corrected chi connectivity index (χ2v) is 10.2. The van der Waals surface area contributed by atoms with Crippen LogP contribution in [0.3, 0.4) is 0 Å². The van der Waals surface area contributed by atoms with E-state index in [2.05, 4.69) is 22.9 Å². The molecule has 0 saturated heterocycles. The van der Waals surface area contributed by atoms with Gasteiger partial charge in [-0.1, -0.05) is 82.2 Å². The first-order chi connectivity index (χ1) is 18.5. The Morgan fingerprint density at radius 2 is 1.87 bits per heavy atom. The van der Waals surface area contributed by atoms with Crippen molar-refractivity contribution in [2.45, 2.75) is 83.8 Å². The largest absolute Gasteiger partial charge is 0.497 e. The zero-order valence-electron chi connectivity index (χ0n) is 22.8. The summed E-state index contributed by atoms with van der Waals surface area (Å²) in [5.41, 5.74) is 2.51. The maximum atomic E-state index is 12.3. The molecule has 38 heavy (non-hydrogen) atoms. The lowest BCUT2D eigenvalue weighted by molar-refractivity contribution is -0.115. The molecule has 2 aromatic rings. The van der Waals surface area contributed by atoms with Crippen LogP contribution in [0.5, 0.6) is 5.75 Å². The molecular formula is C30H43N5O3. The normalized spacial score (nSPS) is 14.3. The van der Waals surface area contributed by atoms with Crippen molar-refractivity contribution in [3.05, 3.63) is 59.7 Å². The standard InChI is InChI=1S/C30H43N5O3/c1-3-4-11-26(18-23-9-6-5-7-10-23)33-29(31)35(22-36)21-25-16-14-24(15-17-25)20-32-30(37)34-27-12-8-13-28(19-27)38-2/h8,12-17,19,22-23,26H,3-7,9-11,18,20-21H2,1-2H3,(H2,31,33)(H2,32,34,37). The smallest absolute Gasteiger partial charge is 0.319 e. The number of carbonyl (C=O) groups excluding carboxylic acids is 2. The molecule has 1 saturated carbocycles. The Kier molecular flexibility index (Phi) is 11.9. The van der Waals surface area contributed by atoms with Crippen LogP contribution >= 0.6 is 0 Å². The zero-order valence-corrected chi connectivity index (χ0v) is 22.8. The summed E-state index contributed by atoms with van der Waals surface area (Å²) in [6.45, 7) is 2.88. The van der Waals surface area contributed by atoms with E-state index in [0.717, 1.165) is 43.2 Å². The molecule has 1 fully saturated rings. The third-order valence-electron chi connectivity index (χ3n) is 7.16. The van der Waals surface area contributed by atoms with E-state index in [1.807, 2.05) is 36.4 Å². The zero-order chi connectivity index (χ0) is 27.2. The number of urea groups is 1. The van der Waals surface area contributed by atoms with E-state index in [1.165, 1.54) is 37.0 Å². The SMILES string of the molecule is CCCCC(CC1CCCCC1)NC(=N)N(C=O)Cc1ccc(CNC(=O)Nc2cccc(OC)c2)cc1. The third kappa shape index (κ3) is 9.72. The highest BCUT2D eigenvalue weighted by Crippen LogP contribution is 2.28. The lowest BCUT2D eigenvalue weighted by Crippen LogP contribution is -2.45. The van der Waals surface area contributed by atoms with Crippen LogP contribution in [0.1, 0.15) is 75.8 Å². The minimum absolute atomic E-state index is 0.164. The van der Waals surface area contributed by atoms with Gasteiger partial charge in [0.2, 0.25) is 6.41 Å². The van der Waals surface area contributed by atoms with E-state index in [1.54, 1.807) is 19.2 Å². The molecule has 2 aromatic carbocycles. The lowest BCUT2D eigenvalue weighted by Gasteiger charge is -2.29. The van der Waals surface area contributed by atoms with E-state index >= 15 is 0 Å². The molecular weight excluding hydrogens is 478 g/mol. The molecule has 0 bridgehead atoms. The first-order valence-corrected chi connectivity index (χ1v) is 13.8. The highest BCUT2D eigenvalue weighted by Gasteiger charge is 2.21.